The molecule has 0 spiro atoms. The van der Waals surface area contributed by atoms with Gasteiger partial charge in [-0.25, -0.2) is 19.7 Å². The van der Waals surface area contributed by atoms with Crippen molar-refractivity contribution in [3.63, 3.8) is 0 Å². The van der Waals surface area contributed by atoms with Crippen LogP contribution >= 0.6 is 0 Å². The zero-order valence-corrected chi connectivity index (χ0v) is 30.0. The number of hydrogen-bond donors (Lipinski definition) is 3. The Hall–Kier alpha value is -5.78. The Balaban J connectivity index is 1.08. The third-order valence-corrected chi connectivity index (χ3v) is 8.38. The van der Waals surface area contributed by atoms with Crippen LogP contribution in [0.4, 0.5) is 35.5 Å². The lowest BCUT2D eigenvalue weighted by molar-refractivity contribution is -0.137. The van der Waals surface area contributed by atoms with E-state index in [-0.39, 0.29) is 0 Å². The van der Waals surface area contributed by atoms with Gasteiger partial charge in [-0.15, -0.1) is 5.10 Å². The zero-order chi connectivity index (χ0) is 37.8. The number of urea groups is 1. The molecule has 0 radical (unpaired) electrons. The zero-order valence-electron chi connectivity index (χ0n) is 30.0. The van der Waals surface area contributed by atoms with Crippen molar-refractivity contribution in [2.75, 3.05) is 62.5 Å². The number of piperazine rings is 1. The van der Waals surface area contributed by atoms with Crippen LogP contribution in [0.5, 0.6) is 11.5 Å². The SMILES string of the molecule is COc1cc(OC)cc(-c2cc3cnc(NCc4cn(CCN5CCN(c6ccc(C(F)(F)F)cn6)CC5)nn4)nc3nc2NC(=O)NC(C)(C)C)c1. The average Bonchev–Trinajstić information content (AvgIpc) is 3.59. The number of aromatic nitrogens is 7. The second kappa shape index (κ2) is 15.4. The van der Waals surface area contributed by atoms with Crippen LogP contribution in [0, 0.1) is 0 Å². The Labute approximate surface area is 303 Å². The van der Waals surface area contributed by atoms with E-state index in [0.29, 0.717) is 83.1 Å². The number of carbonyl (C=O) groups excluding carboxylic acids is 1. The average molecular weight is 735 g/mol. The number of nitrogens with zero attached hydrogens (tertiary/aromatic N) is 9. The van der Waals surface area contributed by atoms with Crippen molar-refractivity contribution in [1.29, 1.82) is 0 Å². The number of benzene rings is 1. The van der Waals surface area contributed by atoms with E-state index in [4.69, 9.17) is 14.5 Å². The summed E-state index contributed by atoms with van der Waals surface area (Å²) in [5.41, 5.74) is 1.15. The van der Waals surface area contributed by atoms with Gasteiger partial charge in [-0.3, -0.25) is 14.9 Å². The molecule has 53 heavy (non-hydrogen) atoms. The summed E-state index contributed by atoms with van der Waals surface area (Å²) in [5.74, 6) is 2.30. The monoisotopic (exact) mass is 734 g/mol. The first kappa shape index (κ1) is 37.0. The number of carbonyl (C=O) groups is 1. The predicted octanol–water partition coefficient (Wildman–Crippen LogP) is 5.07. The van der Waals surface area contributed by atoms with Crippen molar-refractivity contribution in [2.24, 2.45) is 0 Å². The molecule has 15 nitrogen and oxygen atoms in total. The Bertz CT molecular complexity index is 2020. The Morgan fingerprint density at radius 1 is 0.906 bits per heavy atom. The van der Waals surface area contributed by atoms with E-state index in [1.165, 1.54) is 6.07 Å². The lowest BCUT2D eigenvalue weighted by Gasteiger charge is -2.35. The molecule has 5 heterocycles. The molecule has 280 valence electrons. The number of pyridine rings is 2. The van der Waals surface area contributed by atoms with Gasteiger partial charge in [0.25, 0.3) is 0 Å². The number of amides is 2. The summed E-state index contributed by atoms with van der Waals surface area (Å²) in [6.45, 7) is 10.1. The van der Waals surface area contributed by atoms with Gasteiger partial charge in [-0.2, -0.15) is 18.2 Å². The maximum absolute atomic E-state index is 13.0. The predicted molar refractivity (Wildman–Crippen MR) is 193 cm³/mol. The van der Waals surface area contributed by atoms with Gasteiger partial charge in [-0.05, 0) is 56.7 Å². The lowest BCUT2D eigenvalue weighted by Crippen LogP contribution is -2.47. The maximum atomic E-state index is 13.0. The van der Waals surface area contributed by atoms with Crippen molar-refractivity contribution in [3.8, 4) is 22.6 Å². The smallest absolute Gasteiger partial charge is 0.417 e. The van der Waals surface area contributed by atoms with E-state index in [9.17, 15) is 18.0 Å². The molecule has 4 aromatic heterocycles. The van der Waals surface area contributed by atoms with Crippen molar-refractivity contribution in [2.45, 2.75) is 45.6 Å². The Morgan fingerprint density at radius 3 is 2.28 bits per heavy atom. The fourth-order valence-electron chi connectivity index (χ4n) is 5.69. The first-order valence-electron chi connectivity index (χ1n) is 16.9. The van der Waals surface area contributed by atoms with Crippen LogP contribution in [0.15, 0.2) is 55.0 Å². The molecule has 6 rings (SSSR count). The van der Waals surface area contributed by atoms with Crippen LogP contribution in [0.25, 0.3) is 22.2 Å². The van der Waals surface area contributed by atoms with E-state index >= 15 is 0 Å². The molecule has 18 heteroatoms. The Kier molecular flexibility index (Phi) is 10.8. The second-order valence-corrected chi connectivity index (χ2v) is 13.5. The molecule has 0 atom stereocenters. The molecule has 0 saturated carbocycles. The van der Waals surface area contributed by atoms with Gasteiger partial charge in [0.05, 0.1) is 39.1 Å². The summed E-state index contributed by atoms with van der Waals surface area (Å²) in [6, 6.07) is 9.33. The molecule has 0 bridgehead atoms. The van der Waals surface area contributed by atoms with E-state index in [1.807, 2.05) is 50.1 Å². The van der Waals surface area contributed by atoms with Gasteiger partial charge in [0.2, 0.25) is 5.95 Å². The number of nitrogens with one attached hydrogen (secondary N) is 3. The van der Waals surface area contributed by atoms with E-state index in [1.54, 1.807) is 31.2 Å². The number of alkyl halides is 3. The number of rotatable bonds is 11. The number of ether oxygens (including phenoxy) is 2. The fourth-order valence-corrected chi connectivity index (χ4v) is 5.69. The molecule has 0 unspecified atom stereocenters. The number of halogens is 3. The van der Waals surface area contributed by atoms with E-state index in [2.05, 4.69) is 46.1 Å². The minimum absolute atomic E-state index is 0.291. The summed E-state index contributed by atoms with van der Waals surface area (Å²) in [4.78, 5) is 35.0. The third kappa shape index (κ3) is 9.56. The molecule has 1 saturated heterocycles. The van der Waals surface area contributed by atoms with Crippen LogP contribution < -0.4 is 30.3 Å². The minimum atomic E-state index is -4.40. The Morgan fingerprint density at radius 2 is 1.64 bits per heavy atom. The number of methoxy groups -OCH3 is 2. The third-order valence-electron chi connectivity index (χ3n) is 8.38. The van der Waals surface area contributed by atoms with Crippen molar-refractivity contribution >= 4 is 34.6 Å². The standard InChI is InChI=1S/C35H41F3N12O3/c1-34(2,3)45-33(51)44-31-28(22-14-26(52-4)17-27(15-22)53-5)16-23-18-40-32(43-30(23)42-31)41-20-25-21-50(47-46-25)13-10-48-8-11-49(12-9-48)29-7-6-24(19-39-29)35(36,37)38/h6-7,14-19,21H,8-13,20H2,1-5H3,(H3,40,41,42,43,44,45,51). The molecular weight excluding hydrogens is 693 g/mol. The van der Waals surface area contributed by atoms with Crippen LogP contribution in [0.3, 0.4) is 0 Å². The molecule has 1 aliphatic rings. The highest BCUT2D eigenvalue weighted by atomic mass is 19.4. The topological polar surface area (TPSA) is 160 Å². The quantitative estimate of drug-likeness (QED) is 0.166. The summed E-state index contributed by atoms with van der Waals surface area (Å²) in [7, 11) is 3.13. The van der Waals surface area contributed by atoms with Crippen molar-refractivity contribution in [1.82, 2.24) is 45.1 Å². The van der Waals surface area contributed by atoms with Gasteiger partial charge >= 0.3 is 12.2 Å². The van der Waals surface area contributed by atoms with Gasteiger partial charge in [0, 0.05) is 67.7 Å². The highest BCUT2D eigenvalue weighted by molar-refractivity contribution is 5.96. The molecule has 1 aliphatic heterocycles. The molecule has 1 aromatic carbocycles. The van der Waals surface area contributed by atoms with Crippen LogP contribution in [-0.2, 0) is 19.3 Å². The van der Waals surface area contributed by atoms with Crippen LogP contribution in [0.1, 0.15) is 32.0 Å². The first-order chi connectivity index (χ1) is 25.3. The highest BCUT2D eigenvalue weighted by Crippen LogP contribution is 2.35. The number of fused-ring (bicyclic) bond motifs is 1. The second-order valence-electron chi connectivity index (χ2n) is 13.5. The van der Waals surface area contributed by atoms with Gasteiger partial charge < -0.3 is 25.0 Å². The maximum Gasteiger partial charge on any atom is 0.417 e. The molecular formula is C35H41F3N12O3. The van der Waals surface area contributed by atoms with E-state index < -0.39 is 23.3 Å². The minimum Gasteiger partial charge on any atom is -0.497 e. The van der Waals surface area contributed by atoms with Gasteiger partial charge in [0.1, 0.15) is 28.8 Å². The fraction of sp³-hybridized carbons (Fsp3) is 0.400. The van der Waals surface area contributed by atoms with Crippen LogP contribution in [-0.4, -0.2) is 98.3 Å². The van der Waals surface area contributed by atoms with Gasteiger partial charge in [-0.1, -0.05) is 5.21 Å². The number of hydrogen-bond acceptors (Lipinski definition) is 12. The molecule has 1 fully saturated rings. The number of anilines is 3. The van der Waals surface area contributed by atoms with Crippen LogP contribution in [0.2, 0.25) is 0 Å². The van der Waals surface area contributed by atoms with Crippen molar-refractivity contribution in [3.05, 3.63) is 66.2 Å². The molecule has 5 aromatic rings. The summed E-state index contributed by atoms with van der Waals surface area (Å²) < 4.78 is 51.3. The largest absolute Gasteiger partial charge is 0.497 e. The summed E-state index contributed by atoms with van der Waals surface area (Å²) >= 11 is 0. The highest BCUT2D eigenvalue weighted by Gasteiger charge is 2.31. The lowest BCUT2D eigenvalue weighted by atomic mass is 10.0. The summed E-state index contributed by atoms with van der Waals surface area (Å²) in [5, 5.41) is 18.1. The van der Waals surface area contributed by atoms with E-state index in [0.717, 1.165) is 31.9 Å². The molecule has 0 aliphatic carbocycles. The van der Waals surface area contributed by atoms with Gasteiger partial charge in [0.15, 0.2) is 5.65 Å². The summed E-state index contributed by atoms with van der Waals surface area (Å²) in [6.07, 6.45) is -0.0239. The first-order valence-corrected chi connectivity index (χ1v) is 16.9. The molecule has 2 amide bonds. The van der Waals surface area contributed by atoms with Crippen molar-refractivity contribution < 1.29 is 27.4 Å². The normalized spacial score (nSPS) is 13.9. The molecule has 3 N–H and O–H groups in total.